The van der Waals surface area contributed by atoms with Gasteiger partial charge in [-0.05, 0) is 37.0 Å². The van der Waals surface area contributed by atoms with Gasteiger partial charge >= 0.3 is 0 Å². The standard InChI is InChI=1S/C13H19N3O/c1-17-13-12(15-4-5-16-13)11(14)10-7-8-2-3-9(10)6-8/h4-5,8-11H,2-3,6-7,14H2,1H3. The molecule has 2 aliphatic carbocycles. The summed E-state index contributed by atoms with van der Waals surface area (Å²) in [4.78, 5) is 8.55. The first-order valence-electron chi connectivity index (χ1n) is 6.40. The molecule has 17 heavy (non-hydrogen) atoms. The molecule has 2 fully saturated rings. The fourth-order valence-electron chi connectivity index (χ4n) is 3.66. The Kier molecular flexibility index (Phi) is 2.74. The molecule has 1 aromatic rings. The summed E-state index contributed by atoms with van der Waals surface area (Å²) in [7, 11) is 1.63. The first kappa shape index (κ1) is 11.0. The molecule has 0 spiro atoms. The zero-order chi connectivity index (χ0) is 11.8. The summed E-state index contributed by atoms with van der Waals surface area (Å²) in [6, 6.07) is -0.0195. The first-order valence-corrected chi connectivity index (χ1v) is 6.40. The molecule has 0 aromatic carbocycles. The summed E-state index contributed by atoms with van der Waals surface area (Å²) in [6.07, 6.45) is 8.70. The molecule has 0 aliphatic heterocycles. The van der Waals surface area contributed by atoms with Crippen molar-refractivity contribution in [2.75, 3.05) is 7.11 Å². The molecule has 4 heteroatoms. The van der Waals surface area contributed by atoms with Crippen LogP contribution in [0.1, 0.15) is 37.4 Å². The van der Waals surface area contributed by atoms with Crippen LogP contribution in [0, 0.1) is 17.8 Å². The zero-order valence-corrected chi connectivity index (χ0v) is 10.2. The highest BCUT2D eigenvalue weighted by atomic mass is 16.5. The lowest BCUT2D eigenvalue weighted by Gasteiger charge is -2.27. The second kappa shape index (κ2) is 4.26. The number of fused-ring (bicyclic) bond motifs is 2. The van der Waals surface area contributed by atoms with Crippen LogP contribution in [0.2, 0.25) is 0 Å². The molecule has 2 aliphatic rings. The van der Waals surface area contributed by atoms with Gasteiger partial charge in [0, 0.05) is 12.4 Å². The molecule has 92 valence electrons. The average molecular weight is 233 g/mol. The van der Waals surface area contributed by atoms with Crippen molar-refractivity contribution in [3.05, 3.63) is 18.1 Å². The van der Waals surface area contributed by atoms with E-state index in [4.69, 9.17) is 10.5 Å². The van der Waals surface area contributed by atoms with Crippen LogP contribution in [0.15, 0.2) is 12.4 Å². The lowest BCUT2D eigenvalue weighted by atomic mass is 9.82. The van der Waals surface area contributed by atoms with Gasteiger partial charge in [-0.2, -0.15) is 0 Å². The van der Waals surface area contributed by atoms with Gasteiger partial charge in [0.2, 0.25) is 5.88 Å². The van der Waals surface area contributed by atoms with Gasteiger partial charge in [-0.15, -0.1) is 0 Å². The second-order valence-electron chi connectivity index (χ2n) is 5.32. The topological polar surface area (TPSA) is 61.0 Å². The number of ether oxygens (including phenoxy) is 1. The largest absolute Gasteiger partial charge is 0.480 e. The number of methoxy groups -OCH3 is 1. The van der Waals surface area contributed by atoms with Crippen molar-refractivity contribution in [1.29, 1.82) is 0 Å². The Morgan fingerprint density at radius 2 is 2.12 bits per heavy atom. The van der Waals surface area contributed by atoms with E-state index in [0.717, 1.165) is 17.5 Å². The van der Waals surface area contributed by atoms with E-state index in [0.29, 0.717) is 11.8 Å². The lowest BCUT2D eigenvalue weighted by molar-refractivity contribution is 0.273. The third-order valence-corrected chi connectivity index (χ3v) is 4.45. The number of nitrogens with zero attached hydrogens (tertiary/aromatic N) is 2. The van der Waals surface area contributed by atoms with Crippen LogP contribution in [0.3, 0.4) is 0 Å². The number of hydrogen-bond acceptors (Lipinski definition) is 4. The Morgan fingerprint density at radius 1 is 1.29 bits per heavy atom. The number of aromatic nitrogens is 2. The van der Waals surface area contributed by atoms with Gasteiger partial charge in [0.25, 0.3) is 0 Å². The summed E-state index contributed by atoms with van der Waals surface area (Å²) in [5.74, 6) is 2.85. The molecular weight excluding hydrogens is 214 g/mol. The maximum Gasteiger partial charge on any atom is 0.236 e. The number of hydrogen-bond donors (Lipinski definition) is 1. The summed E-state index contributed by atoms with van der Waals surface area (Å²) >= 11 is 0. The van der Waals surface area contributed by atoms with Crippen molar-refractivity contribution in [3.8, 4) is 5.88 Å². The van der Waals surface area contributed by atoms with Crippen molar-refractivity contribution >= 4 is 0 Å². The predicted molar refractivity (Wildman–Crippen MR) is 64.5 cm³/mol. The first-order chi connectivity index (χ1) is 8.29. The molecule has 4 atom stereocenters. The van der Waals surface area contributed by atoms with Gasteiger partial charge in [0.1, 0.15) is 5.69 Å². The molecule has 3 rings (SSSR count). The minimum Gasteiger partial charge on any atom is -0.480 e. The van der Waals surface area contributed by atoms with Crippen molar-refractivity contribution in [2.24, 2.45) is 23.5 Å². The SMILES string of the molecule is COc1nccnc1C(N)C1CC2CCC1C2. The van der Waals surface area contributed by atoms with Gasteiger partial charge in [-0.1, -0.05) is 6.42 Å². The van der Waals surface area contributed by atoms with Crippen LogP contribution in [0.5, 0.6) is 5.88 Å². The molecule has 2 saturated carbocycles. The maximum atomic E-state index is 6.38. The minimum absolute atomic E-state index is 0.0195. The number of nitrogens with two attached hydrogens (primary N) is 1. The second-order valence-corrected chi connectivity index (χ2v) is 5.32. The lowest BCUT2D eigenvalue weighted by Crippen LogP contribution is -2.27. The van der Waals surface area contributed by atoms with Gasteiger partial charge in [0.05, 0.1) is 13.2 Å². The van der Waals surface area contributed by atoms with Gasteiger partial charge in [-0.3, -0.25) is 4.98 Å². The van der Waals surface area contributed by atoms with E-state index in [1.54, 1.807) is 19.5 Å². The number of rotatable bonds is 3. The van der Waals surface area contributed by atoms with Crippen LogP contribution in [-0.2, 0) is 0 Å². The summed E-state index contributed by atoms with van der Waals surface area (Å²) in [5.41, 5.74) is 7.21. The van der Waals surface area contributed by atoms with E-state index in [9.17, 15) is 0 Å². The van der Waals surface area contributed by atoms with Crippen LogP contribution in [-0.4, -0.2) is 17.1 Å². The smallest absolute Gasteiger partial charge is 0.236 e. The average Bonchev–Trinajstić information content (AvgIpc) is 3.00. The third kappa shape index (κ3) is 1.80. The highest BCUT2D eigenvalue weighted by Crippen LogP contribution is 2.52. The predicted octanol–water partition coefficient (Wildman–Crippen LogP) is 1.92. The molecule has 4 unspecified atom stereocenters. The molecule has 2 bridgehead atoms. The molecule has 0 saturated heterocycles. The molecule has 4 nitrogen and oxygen atoms in total. The minimum atomic E-state index is -0.0195. The Morgan fingerprint density at radius 3 is 2.76 bits per heavy atom. The monoisotopic (exact) mass is 233 g/mol. The Labute approximate surface area is 102 Å². The molecular formula is C13H19N3O. The van der Waals surface area contributed by atoms with Gasteiger partial charge in [-0.25, -0.2) is 4.98 Å². The van der Waals surface area contributed by atoms with Crippen molar-refractivity contribution < 1.29 is 4.74 Å². The zero-order valence-electron chi connectivity index (χ0n) is 10.2. The molecule has 0 amide bonds. The van der Waals surface area contributed by atoms with Crippen molar-refractivity contribution in [2.45, 2.75) is 31.7 Å². The van der Waals surface area contributed by atoms with E-state index in [1.807, 2.05) is 0 Å². The normalized spacial score (nSPS) is 32.7. The van der Waals surface area contributed by atoms with Crippen molar-refractivity contribution in [1.82, 2.24) is 9.97 Å². The Bertz CT molecular complexity index is 409. The molecule has 1 heterocycles. The summed E-state index contributed by atoms with van der Waals surface area (Å²) in [6.45, 7) is 0. The van der Waals surface area contributed by atoms with Crippen molar-refractivity contribution in [3.63, 3.8) is 0 Å². The van der Waals surface area contributed by atoms with Crippen LogP contribution >= 0.6 is 0 Å². The summed E-state index contributed by atoms with van der Waals surface area (Å²) < 4.78 is 5.25. The quantitative estimate of drug-likeness (QED) is 0.866. The van der Waals surface area contributed by atoms with E-state index in [1.165, 1.54) is 25.7 Å². The summed E-state index contributed by atoms with van der Waals surface area (Å²) in [5, 5.41) is 0. The molecule has 2 N–H and O–H groups in total. The van der Waals surface area contributed by atoms with Crippen LogP contribution < -0.4 is 10.5 Å². The Balaban J connectivity index is 1.84. The molecule has 1 aromatic heterocycles. The van der Waals surface area contributed by atoms with E-state index >= 15 is 0 Å². The van der Waals surface area contributed by atoms with Crippen LogP contribution in [0.25, 0.3) is 0 Å². The van der Waals surface area contributed by atoms with E-state index in [2.05, 4.69) is 9.97 Å². The molecule has 0 radical (unpaired) electrons. The maximum absolute atomic E-state index is 6.38. The fraction of sp³-hybridized carbons (Fsp3) is 0.692. The third-order valence-electron chi connectivity index (χ3n) is 4.45. The van der Waals surface area contributed by atoms with E-state index in [-0.39, 0.29) is 6.04 Å². The van der Waals surface area contributed by atoms with E-state index < -0.39 is 0 Å². The van der Waals surface area contributed by atoms with Gasteiger partial charge < -0.3 is 10.5 Å². The fourth-order valence-corrected chi connectivity index (χ4v) is 3.66. The Hall–Kier alpha value is -1.16. The highest BCUT2D eigenvalue weighted by Gasteiger charge is 2.43. The highest BCUT2D eigenvalue weighted by molar-refractivity contribution is 5.22. The van der Waals surface area contributed by atoms with Crippen LogP contribution in [0.4, 0.5) is 0 Å². The van der Waals surface area contributed by atoms with Gasteiger partial charge in [0.15, 0.2) is 0 Å².